The molecule has 0 radical (unpaired) electrons. The second-order valence-corrected chi connectivity index (χ2v) is 4.60. The fourth-order valence-corrected chi connectivity index (χ4v) is 2.26. The zero-order valence-electron chi connectivity index (χ0n) is 9.55. The molecule has 1 aromatic rings. The van der Waals surface area contributed by atoms with Crippen LogP contribution in [0.25, 0.3) is 0 Å². The smallest absolute Gasteiger partial charge is 0.228 e. The molecule has 2 heterocycles. The van der Waals surface area contributed by atoms with E-state index >= 15 is 0 Å². The van der Waals surface area contributed by atoms with E-state index in [4.69, 9.17) is 5.26 Å². The van der Waals surface area contributed by atoms with Gasteiger partial charge in [0.15, 0.2) is 0 Å². The highest BCUT2D eigenvalue weighted by atomic mass is 32.1. The summed E-state index contributed by atoms with van der Waals surface area (Å²) in [5, 5.41) is 8.77. The van der Waals surface area contributed by atoms with E-state index in [9.17, 15) is 4.79 Å². The number of carbonyl (C=O) groups excluding carboxylic acids is 1. The Morgan fingerprint density at radius 2 is 2.47 bits per heavy atom. The number of thiol groups is 1. The summed E-state index contributed by atoms with van der Waals surface area (Å²) in [5.74, 6) is 1.75. The Hall–Kier alpha value is -1.54. The summed E-state index contributed by atoms with van der Waals surface area (Å²) in [5.41, 5.74) is 1.38. The van der Waals surface area contributed by atoms with Gasteiger partial charge in [0, 0.05) is 19.2 Å². The minimum atomic E-state index is 0.0874. The molecular weight excluding hydrogens is 234 g/mol. The predicted molar refractivity (Wildman–Crippen MR) is 68.0 cm³/mol. The Kier molecular flexibility index (Phi) is 3.34. The van der Waals surface area contributed by atoms with E-state index in [0.717, 1.165) is 5.56 Å². The SMILES string of the molecule is Cc1cc(C#N)cnc1N1CC(CS)CC1=O. The number of hydrogen-bond donors (Lipinski definition) is 1. The normalized spacial score (nSPS) is 19.5. The number of nitriles is 1. The van der Waals surface area contributed by atoms with Crippen LogP contribution in [0.4, 0.5) is 5.82 Å². The van der Waals surface area contributed by atoms with Crippen LogP contribution in [0.5, 0.6) is 0 Å². The van der Waals surface area contributed by atoms with Crippen molar-refractivity contribution in [3.05, 3.63) is 23.4 Å². The number of aromatic nitrogens is 1. The number of anilines is 1. The van der Waals surface area contributed by atoms with Gasteiger partial charge in [-0.1, -0.05) is 0 Å². The number of hydrogen-bond acceptors (Lipinski definition) is 4. The summed E-state index contributed by atoms with van der Waals surface area (Å²) >= 11 is 4.22. The number of rotatable bonds is 2. The quantitative estimate of drug-likeness (QED) is 0.807. The number of amides is 1. The second kappa shape index (κ2) is 4.76. The maximum absolute atomic E-state index is 11.8. The molecule has 1 aromatic heterocycles. The summed E-state index contributed by atoms with van der Waals surface area (Å²) in [6, 6.07) is 3.79. The van der Waals surface area contributed by atoms with Crippen molar-refractivity contribution >= 4 is 24.4 Å². The van der Waals surface area contributed by atoms with Crippen LogP contribution < -0.4 is 4.90 Å². The highest BCUT2D eigenvalue weighted by Gasteiger charge is 2.31. The zero-order chi connectivity index (χ0) is 12.4. The van der Waals surface area contributed by atoms with Gasteiger partial charge in [-0.05, 0) is 30.2 Å². The molecule has 1 unspecified atom stereocenters. The largest absolute Gasteiger partial charge is 0.296 e. The Balaban J connectivity index is 2.29. The molecule has 17 heavy (non-hydrogen) atoms. The highest BCUT2D eigenvalue weighted by molar-refractivity contribution is 7.80. The first-order chi connectivity index (χ1) is 8.15. The molecule has 4 nitrogen and oxygen atoms in total. The maximum Gasteiger partial charge on any atom is 0.228 e. The Labute approximate surface area is 106 Å². The van der Waals surface area contributed by atoms with Gasteiger partial charge < -0.3 is 0 Å². The number of carbonyl (C=O) groups is 1. The summed E-state index contributed by atoms with van der Waals surface area (Å²) in [6.45, 7) is 2.53. The summed E-state index contributed by atoms with van der Waals surface area (Å²) < 4.78 is 0. The van der Waals surface area contributed by atoms with E-state index in [1.807, 2.05) is 13.0 Å². The van der Waals surface area contributed by atoms with E-state index < -0.39 is 0 Å². The summed E-state index contributed by atoms with van der Waals surface area (Å²) in [6.07, 6.45) is 2.04. The van der Waals surface area contributed by atoms with Crippen LogP contribution in [0, 0.1) is 24.2 Å². The molecule has 1 atom stereocenters. The average Bonchev–Trinajstić information content (AvgIpc) is 2.70. The molecule has 0 aliphatic carbocycles. The van der Waals surface area contributed by atoms with E-state index in [-0.39, 0.29) is 5.91 Å². The summed E-state index contributed by atoms with van der Waals surface area (Å²) in [7, 11) is 0. The molecule has 0 aromatic carbocycles. The minimum absolute atomic E-state index is 0.0874. The van der Waals surface area contributed by atoms with Gasteiger partial charge in [0.2, 0.25) is 5.91 Å². The fraction of sp³-hybridized carbons (Fsp3) is 0.417. The minimum Gasteiger partial charge on any atom is -0.296 e. The molecular formula is C12H13N3OS. The Bertz CT molecular complexity index is 495. The maximum atomic E-state index is 11.8. The van der Waals surface area contributed by atoms with Crippen molar-refractivity contribution in [2.45, 2.75) is 13.3 Å². The molecule has 0 bridgehead atoms. The zero-order valence-corrected chi connectivity index (χ0v) is 10.4. The van der Waals surface area contributed by atoms with Gasteiger partial charge in [-0.3, -0.25) is 9.69 Å². The van der Waals surface area contributed by atoms with E-state index in [2.05, 4.69) is 17.6 Å². The number of pyridine rings is 1. The highest BCUT2D eigenvalue weighted by Crippen LogP contribution is 2.26. The molecule has 0 saturated carbocycles. The van der Waals surface area contributed by atoms with Crippen molar-refractivity contribution < 1.29 is 4.79 Å². The van der Waals surface area contributed by atoms with E-state index in [1.165, 1.54) is 6.20 Å². The fourth-order valence-electron chi connectivity index (χ4n) is 2.02. The van der Waals surface area contributed by atoms with Crippen LogP contribution in [0.2, 0.25) is 0 Å². The van der Waals surface area contributed by atoms with Crippen LogP contribution >= 0.6 is 12.6 Å². The van der Waals surface area contributed by atoms with Crippen LogP contribution in [0.1, 0.15) is 17.5 Å². The molecule has 1 aliphatic heterocycles. The molecule has 88 valence electrons. The lowest BCUT2D eigenvalue weighted by atomic mass is 10.1. The molecule has 0 spiro atoms. The first-order valence-corrected chi connectivity index (χ1v) is 6.07. The van der Waals surface area contributed by atoms with Crippen molar-refractivity contribution in [3.63, 3.8) is 0 Å². The van der Waals surface area contributed by atoms with Crippen molar-refractivity contribution in [2.75, 3.05) is 17.2 Å². The molecule has 0 N–H and O–H groups in total. The van der Waals surface area contributed by atoms with Gasteiger partial charge in [0.1, 0.15) is 11.9 Å². The first-order valence-electron chi connectivity index (χ1n) is 5.43. The third-order valence-electron chi connectivity index (χ3n) is 2.90. The standard InChI is InChI=1S/C12H13N3OS/c1-8-2-9(4-13)5-14-12(8)15-6-10(7-17)3-11(15)16/h2,5,10,17H,3,6-7H2,1H3. The van der Waals surface area contributed by atoms with Crippen LogP contribution in [0.15, 0.2) is 12.3 Å². The topological polar surface area (TPSA) is 57.0 Å². The first kappa shape index (κ1) is 11.9. The third-order valence-corrected chi connectivity index (χ3v) is 3.42. The monoisotopic (exact) mass is 247 g/mol. The van der Waals surface area contributed by atoms with Gasteiger partial charge >= 0.3 is 0 Å². The Morgan fingerprint density at radius 3 is 3.00 bits per heavy atom. The predicted octanol–water partition coefficient (Wildman–Crippen LogP) is 1.54. The molecule has 1 aliphatic rings. The number of aryl methyl sites for hydroxylation is 1. The lowest BCUT2D eigenvalue weighted by molar-refractivity contribution is -0.117. The van der Waals surface area contributed by atoms with Crippen LogP contribution in [-0.4, -0.2) is 23.2 Å². The van der Waals surface area contributed by atoms with E-state index in [1.54, 1.807) is 11.0 Å². The lowest BCUT2D eigenvalue weighted by Gasteiger charge is -2.17. The molecule has 1 saturated heterocycles. The van der Waals surface area contributed by atoms with Gasteiger partial charge in [-0.25, -0.2) is 4.98 Å². The van der Waals surface area contributed by atoms with Gasteiger partial charge in [-0.15, -0.1) is 0 Å². The van der Waals surface area contributed by atoms with Crippen molar-refractivity contribution in [3.8, 4) is 6.07 Å². The van der Waals surface area contributed by atoms with Crippen molar-refractivity contribution in [2.24, 2.45) is 5.92 Å². The number of nitrogens with zero attached hydrogens (tertiary/aromatic N) is 3. The second-order valence-electron chi connectivity index (χ2n) is 4.23. The molecule has 2 rings (SSSR count). The van der Waals surface area contributed by atoms with E-state index in [0.29, 0.717) is 36.0 Å². The van der Waals surface area contributed by atoms with Crippen LogP contribution in [0.3, 0.4) is 0 Å². The van der Waals surface area contributed by atoms with Gasteiger partial charge in [-0.2, -0.15) is 17.9 Å². The molecule has 5 heteroatoms. The van der Waals surface area contributed by atoms with Crippen molar-refractivity contribution in [1.29, 1.82) is 5.26 Å². The van der Waals surface area contributed by atoms with Gasteiger partial charge in [0.25, 0.3) is 0 Å². The lowest BCUT2D eigenvalue weighted by Crippen LogP contribution is -2.26. The van der Waals surface area contributed by atoms with Crippen molar-refractivity contribution in [1.82, 2.24) is 4.98 Å². The Morgan fingerprint density at radius 1 is 1.71 bits per heavy atom. The molecule has 1 amide bonds. The summed E-state index contributed by atoms with van der Waals surface area (Å²) in [4.78, 5) is 17.7. The molecule has 1 fully saturated rings. The average molecular weight is 247 g/mol. The van der Waals surface area contributed by atoms with Gasteiger partial charge in [0.05, 0.1) is 5.56 Å². The third kappa shape index (κ3) is 2.27. The van der Waals surface area contributed by atoms with Crippen LogP contribution in [-0.2, 0) is 4.79 Å².